The molecule has 1 aliphatic carbocycles. The van der Waals surface area contributed by atoms with Gasteiger partial charge in [0.1, 0.15) is 0 Å². The lowest BCUT2D eigenvalue weighted by Crippen LogP contribution is -2.22. The number of benzene rings is 1. The number of hydrogen-bond acceptors (Lipinski definition) is 1. The second-order valence-corrected chi connectivity index (χ2v) is 4.99. The Kier molecular flexibility index (Phi) is 4.41. The first-order valence-corrected chi connectivity index (χ1v) is 6.65. The van der Waals surface area contributed by atoms with Crippen LogP contribution in [0.1, 0.15) is 44.1 Å². The second-order valence-electron chi connectivity index (χ2n) is 4.99. The van der Waals surface area contributed by atoms with Crippen molar-refractivity contribution in [2.75, 3.05) is 13.1 Å². The van der Waals surface area contributed by atoms with Crippen LogP contribution < -0.4 is 5.32 Å². The lowest BCUT2D eigenvalue weighted by Gasteiger charge is -2.17. The molecule has 1 heteroatoms. The standard InChI is InChI=1S/C15H23N/c1-2-10-16-12-15(11-13-8-9-13)14-6-4-3-5-7-14/h3-7,13,15-16H,2,8-12H2,1H3. The lowest BCUT2D eigenvalue weighted by molar-refractivity contribution is 0.522. The maximum absolute atomic E-state index is 3.57. The largest absolute Gasteiger partial charge is 0.316 e. The molecule has 1 atom stereocenters. The quantitative estimate of drug-likeness (QED) is 0.688. The maximum Gasteiger partial charge on any atom is 0.00202 e. The molecule has 0 aromatic heterocycles. The van der Waals surface area contributed by atoms with E-state index in [0.717, 1.165) is 24.9 Å². The highest BCUT2D eigenvalue weighted by Gasteiger charge is 2.25. The molecule has 2 rings (SSSR count). The fraction of sp³-hybridized carbons (Fsp3) is 0.600. The van der Waals surface area contributed by atoms with Gasteiger partial charge < -0.3 is 5.32 Å². The minimum Gasteiger partial charge on any atom is -0.316 e. The summed E-state index contributed by atoms with van der Waals surface area (Å²) in [7, 11) is 0. The molecule has 0 radical (unpaired) electrons. The van der Waals surface area contributed by atoms with Crippen molar-refractivity contribution in [1.29, 1.82) is 0 Å². The monoisotopic (exact) mass is 217 g/mol. The highest BCUT2D eigenvalue weighted by atomic mass is 14.9. The van der Waals surface area contributed by atoms with Crippen LogP contribution in [-0.2, 0) is 0 Å². The first kappa shape index (κ1) is 11.7. The Morgan fingerprint density at radius 3 is 2.62 bits per heavy atom. The molecule has 1 aromatic carbocycles. The summed E-state index contributed by atoms with van der Waals surface area (Å²) in [6.45, 7) is 4.52. The summed E-state index contributed by atoms with van der Waals surface area (Å²) in [5.41, 5.74) is 1.51. The third-order valence-electron chi connectivity index (χ3n) is 3.40. The molecule has 1 aliphatic rings. The SMILES string of the molecule is CCCNCC(CC1CC1)c1ccccc1. The van der Waals surface area contributed by atoms with Crippen LogP contribution in [0.4, 0.5) is 0 Å². The van der Waals surface area contributed by atoms with Crippen molar-refractivity contribution >= 4 is 0 Å². The molecular weight excluding hydrogens is 194 g/mol. The van der Waals surface area contributed by atoms with Gasteiger partial charge in [-0.1, -0.05) is 50.1 Å². The molecule has 1 nitrogen and oxygen atoms in total. The Bertz CT molecular complexity index is 290. The Labute approximate surface area is 99.3 Å². The number of nitrogens with one attached hydrogen (secondary N) is 1. The van der Waals surface area contributed by atoms with Gasteiger partial charge in [0.15, 0.2) is 0 Å². The molecule has 0 heterocycles. The van der Waals surface area contributed by atoms with Gasteiger partial charge in [-0.15, -0.1) is 0 Å². The van der Waals surface area contributed by atoms with Gasteiger partial charge in [0, 0.05) is 6.54 Å². The van der Waals surface area contributed by atoms with Gasteiger partial charge in [-0.05, 0) is 36.8 Å². The van der Waals surface area contributed by atoms with E-state index in [-0.39, 0.29) is 0 Å². The maximum atomic E-state index is 3.57. The molecule has 16 heavy (non-hydrogen) atoms. The van der Waals surface area contributed by atoms with Crippen LogP contribution in [0.25, 0.3) is 0 Å². The zero-order valence-corrected chi connectivity index (χ0v) is 10.3. The Balaban J connectivity index is 1.90. The van der Waals surface area contributed by atoms with E-state index >= 15 is 0 Å². The van der Waals surface area contributed by atoms with E-state index in [0.29, 0.717) is 0 Å². The second kappa shape index (κ2) is 6.05. The van der Waals surface area contributed by atoms with E-state index in [1.165, 1.54) is 31.2 Å². The summed E-state index contributed by atoms with van der Waals surface area (Å²) in [4.78, 5) is 0. The van der Waals surface area contributed by atoms with Gasteiger partial charge in [-0.25, -0.2) is 0 Å². The Hall–Kier alpha value is -0.820. The van der Waals surface area contributed by atoms with Gasteiger partial charge >= 0.3 is 0 Å². The van der Waals surface area contributed by atoms with Crippen molar-refractivity contribution in [2.24, 2.45) is 5.92 Å². The molecule has 0 saturated heterocycles. The summed E-state index contributed by atoms with van der Waals surface area (Å²) < 4.78 is 0. The normalized spacial score (nSPS) is 17.3. The molecule has 1 fully saturated rings. The van der Waals surface area contributed by atoms with E-state index in [2.05, 4.69) is 42.6 Å². The van der Waals surface area contributed by atoms with Crippen molar-refractivity contribution in [2.45, 2.75) is 38.5 Å². The van der Waals surface area contributed by atoms with E-state index in [9.17, 15) is 0 Å². The summed E-state index contributed by atoms with van der Waals surface area (Å²) >= 11 is 0. The van der Waals surface area contributed by atoms with Gasteiger partial charge in [0.2, 0.25) is 0 Å². The van der Waals surface area contributed by atoms with E-state index < -0.39 is 0 Å². The minimum atomic E-state index is 0.722. The molecule has 0 bridgehead atoms. The average molecular weight is 217 g/mol. The summed E-state index contributed by atoms with van der Waals surface area (Å²) in [6.07, 6.45) is 5.51. The highest BCUT2D eigenvalue weighted by molar-refractivity contribution is 5.20. The van der Waals surface area contributed by atoms with Crippen molar-refractivity contribution in [3.05, 3.63) is 35.9 Å². The Morgan fingerprint density at radius 2 is 2.00 bits per heavy atom. The zero-order valence-electron chi connectivity index (χ0n) is 10.3. The van der Waals surface area contributed by atoms with Gasteiger partial charge in [-0.3, -0.25) is 0 Å². The van der Waals surface area contributed by atoms with Gasteiger partial charge in [0.05, 0.1) is 0 Å². The zero-order chi connectivity index (χ0) is 11.2. The molecule has 88 valence electrons. The van der Waals surface area contributed by atoms with Crippen molar-refractivity contribution in [1.82, 2.24) is 5.32 Å². The number of hydrogen-bond donors (Lipinski definition) is 1. The molecular formula is C15H23N. The third kappa shape index (κ3) is 3.64. The van der Waals surface area contributed by atoms with Crippen LogP contribution in [0.5, 0.6) is 0 Å². The molecule has 1 unspecified atom stereocenters. The summed E-state index contributed by atoms with van der Waals surface area (Å²) in [5.74, 6) is 1.73. The van der Waals surface area contributed by atoms with Crippen molar-refractivity contribution in [3.8, 4) is 0 Å². The van der Waals surface area contributed by atoms with Gasteiger partial charge in [0.25, 0.3) is 0 Å². The fourth-order valence-electron chi connectivity index (χ4n) is 2.27. The summed E-state index contributed by atoms with van der Waals surface area (Å²) in [5, 5.41) is 3.57. The Morgan fingerprint density at radius 1 is 1.25 bits per heavy atom. The van der Waals surface area contributed by atoms with Gasteiger partial charge in [-0.2, -0.15) is 0 Å². The summed E-state index contributed by atoms with van der Waals surface area (Å²) in [6, 6.07) is 11.0. The van der Waals surface area contributed by atoms with Crippen LogP contribution >= 0.6 is 0 Å². The predicted molar refractivity (Wildman–Crippen MR) is 69.7 cm³/mol. The molecule has 1 saturated carbocycles. The van der Waals surface area contributed by atoms with Crippen molar-refractivity contribution in [3.63, 3.8) is 0 Å². The average Bonchev–Trinajstić information content (AvgIpc) is 3.13. The highest BCUT2D eigenvalue weighted by Crippen LogP contribution is 2.38. The molecule has 1 N–H and O–H groups in total. The fourth-order valence-corrected chi connectivity index (χ4v) is 2.27. The van der Waals surface area contributed by atoms with Crippen LogP contribution in [0, 0.1) is 5.92 Å². The van der Waals surface area contributed by atoms with Crippen LogP contribution in [0.15, 0.2) is 30.3 Å². The van der Waals surface area contributed by atoms with E-state index in [1.807, 2.05) is 0 Å². The van der Waals surface area contributed by atoms with Crippen molar-refractivity contribution < 1.29 is 0 Å². The molecule has 0 amide bonds. The molecule has 0 aliphatic heterocycles. The molecule has 1 aromatic rings. The first-order chi connectivity index (χ1) is 7.90. The van der Waals surface area contributed by atoms with Crippen LogP contribution in [0.3, 0.4) is 0 Å². The van der Waals surface area contributed by atoms with Crippen LogP contribution in [-0.4, -0.2) is 13.1 Å². The number of rotatable bonds is 7. The minimum absolute atomic E-state index is 0.722. The first-order valence-electron chi connectivity index (χ1n) is 6.65. The predicted octanol–water partition coefficient (Wildman–Crippen LogP) is 3.57. The van der Waals surface area contributed by atoms with E-state index in [4.69, 9.17) is 0 Å². The van der Waals surface area contributed by atoms with Crippen LogP contribution in [0.2, 0.25) is 0 Å². The van der Waals surface area contributed by atoms with E-state index in [1.54, 1.807) is 0 Å². The molecule has 0 spiro atoms. The smallest absolute Gasteiger partial charge is 0.00202 e. The topological polar surface area (TPSA) is 12.0 Å². The third-order valence-corrected chi connectivity index (χ3v) is 3.40. The lowest BCUT2D eigenvalue weighted by atomic mass is 9.93.